The van der Waals surface area contributed by atoms with Gasteiger partial charge in [0.25, 0.3) is 15.7 Å². The SMILES string of the molecule is N#CC=CS(=O)(=O)c1ccc(NS(=O)(=O)c2cccc([N+](=O)[O-])c2)cc1. The van der Waals surface area contributed by atoms with Gasteiger partial charge < -0.3 is 0 Å². The second kappa shape index (κ2) is 7.34. The third-order valence-corrected chi connectivity index (χ3v) is 5.90. The van der Waals surface area contributed by atoms with E-state index in [9.17, 15) is 26.9 Å². The Balaban J connectivity index is 2.29. The average molecular weight is 393 g/mol. The lowest BCUT2D eigenvalue weighted by Gasteiger charge is -2.08. The Morgan fingerprint density at radius 2 is 1.69 bits per heavy atom. The monoisotopic (exact) mass is 393 g/mol. The number of allylic oxidation sites excluding steroid dienone is 1. The van der Waals surface area contributed by atoms with Crippen LogP contribution in [-0.2, 0) is 19.9 Å². The Kier molecular flexibility index (Phi) is 5.39. The zero-order chi connectivity index (χ0) is 19.4. The molecule has 2 aromatic rings. The number of hydrogen-bond donors (Lipinski definition) is 1. The fourth-order valence-electron chi connectivity index (χ4n) is 1.89. The van der Waals surface area contributed by atoms with Crippen LogP contribution < -0.4 is 4.72 Å². The average Bonchev–Trinajstić information content (AvgIpc) is 2.60. The summed E-state index contributed by atoms with van der Waals surface area (Å²) in [7, 11) is -7.90. The van der Waals surface area contributed by atoms with Gasteiger partial charge in [-0.25, -0.2) is 16.8 Å². The standard InChI is InChI=1S/C15H11N3O6S2/c16-9-2-10-25(21,22)14-7-5-12(6-8-14)17-26(23,24)15-4-1-3-13(11-15)18(19)20/h1-8,10-11,17H. The third kappa shape index (κ3) is 4.44. The zero-order valence-corrected chi connectivity index (χ0v) is 14.6. The molecule has 0 saturated heterocycles. The summed E-state index contributed by atoms with van der Waals surface area (Å²) in [4.78, 5) is 9.61. The maximum atomic E-state index is 12.3. The van der Waals surface area contributed by atoms with Crippen molar-refractivity contribution in [3.63, 3.8) is 0 Å². The number of rotatable bonds is 6. The molecular weight excluding hydrogens is 382 g/mol. The van der Waals surface area contributed by atoms with Crippen molar-refractivity contribution in [3.8, 4) is 6.07 Å². The smallest absolute Gasteiger partial charge is 0.270 e. The van der Waals surface area contributed by atoms with Crippen molar-refractivity contribution < 1.29 is 21.8 Å². The Labute approximate surface area is 149 Å². The predicted molar refractivity (Wildman–Crippen MR) is 92.3 cm³/mol. The van der Waals surface area contributed by atoms with Crippen LogP contribution in [0.2, 0.25) is 0 Å². The topological polar surface area (TPSA) is 147 Å². The van der Waals surface area contributed by atoms with E-state index in [2.05, 4.69) is 4.72 Å². The minimum atomic E-state index is -4.09. The molecule has 0 radical (unpaired) electrons. The highest BCUT2D eigenvalue weighted by molar-refractivity contribution is 7.94. The summed E-state index contributed by atoms with van der Waals surface area (Å²) in [6.45, 7) is 0. The molecule has 0 unspecified atom stereocenters. The predicted octanol–water partition coefficient (Wildman–Crippen LogP) is 2.21. The number of non-ortho nitro benzene ring substituents is 1. The van der Waals surface area contributed by atoms with Crippen molar-refractivity contribution in [2.24, 2.45) is 0 Å². The van der Waals surface area contributed by atoms with Gasteiger partial charge in [0.05, 0.1) is 20.8 Å². The molecule has 0 atom stereocenters. The lowest BCUT2D eigenvalue weighted by molar-refractivity contribution is -0.385. The number of sulfone groups is 1. The molecular formula is C15H11N3O6S2. The number of hydrogen-bond acceptors (Lipinski definition) is 7. The molecule has 134 valence electrons. The Bertz CT molecular complexity index is 1110. The van der Waals surface area contributed by atoms with Crippen LogP contribution in [-0.4, -0.2) is 21.8 Å². The fraction of sp³-hybridized carbons (Fsp3) is 0. The van der Waals surface area contributed by atoms with Crippen LogP contribution in [0.1, 0.15) is 0 Å². The maximum Gasteiger partial charge on any atom is 0.270 e. The van der Waals surface area contributed by atoms with E-state index in [0.717, 1.165) is 23.6 Å². The molecule has 1 N–H and O–H groups in total. The van der Waals surface area contributed by atoms with Crippen LogP contribution in [0.4, 0.5) is 11.4 Å². The largest absolute Gasteiger partial charge is 0.280 e. The van der Waals surface area contributed by atoms with Gasteiger partial charge in [-0.05, 0) is 30.3 Å². The van der Waals surface area contributed by atoms with Crippen molar-refractivity contribution in [2.45, 2.75) is 9.79 Å². The van der Waals surface area contributed by atoms with Crippen molar-refractivity contribution in [1.29, 1.82) is 5.26 Å². The molecule has 0 heterocycles. The lowest BCUT2D eigenvalue weighted by atomic mass is 10.3. The molecule has 0 amide bonds. The molecule has 0 fully saturated rings. The zero-order valence-electron chi connectivity index (χ0n) is 12.9. The van der Waals surface area contributed by atoms with Gasteiger partial charge in [0.1, 0.15) is 0 Å². The minimum Gasteiger partial charge on any atom is -0.280 e. The number of nitrogens with one attached hydrogen (secondary N) is 1. The van der Waals surface area contributed by atoms with Crippen LogP contribution >= 0.6 is 0 Å². The summed E-state index contributed by atoms with van der Waals surface area (Å²) < 4.78 is 50.5. The molecule has 2 aromatic carbocycles. The van der Waals surface area contributed by atoms with Gasteiger partial charge >= 0.3 is 0 Å². The molecule has 0 saturated carbocycles. The third-order valence-electron chi connectivity index (χ3n) is 3.10. The first-order valence-electron chi connectivity index (χ1n) is 6.84. The van der Waals surface area contributed by atoms with Gasteiger partial charge in [-0.15, -0.1) is 0 Å². The van der Waals surface area contributed by atoms with Gasteiger partial charge in [-0.3, -0.25) is 14.8 Å². The summed E-state index contributed by atoms with van der Waals surface area (Å²) in [5, 5.41) is 19.9. The second-order valence-electron chi connectivity index (χ2n) is 4.86. The number of nitro groups is 1. The highest BCUT2D eigenvalue weighted by Gasteiger charge is 2.18. The van der Waals surface area contributed by atoms with E-state index >= 15 is 0 Å². The first-order chi connectivity index (χ1) is 12.2. The van der Waals surface area contributed by atoms with E-state index in [0.29, 0.717) is 0 Å². The molecule has 9 nitrogen and oxygen atoms in total. The van der Waals surface area contributed by atoms with Crippen molar-refractivity contribution in [2.75, 3.05) is 4.72 Å². The Morgan fingerprint density at radius 3 is 2.27 bits per heavy atom. The number of nitro benzene ring substituents is 1. The molecule has 0 spiro atoms. The van der Waals surface area contributed by atoms with Gasteiger partial charge in [-0.1, -0.05) is 6.07 Å². The second-order valence-corrected chi connectivity index (χ2v) is 8.38. The van der Waals surface area contributed by atoms with Gasteiger partial charge in [0, 0.05) is 29.3 Å². The van der Waals surface area contributed by atoms with E-state index in [1.54, 1.807) is 6.07 Å². The van der Waals surface area contributed by atoms with E-state index in [-0.39, 0.29) is 21.2 Å². The summed E-state index contributed by atoms with van der Waals surface area (Å²) in [6.07, 6.45) is 0.814. The van der Waals surface area contributed by atoms with E-state index in [1.165, 1.54) is 36.4 Å². The number of benzene rings is 2. The van der Waals surface area contributed by atoms with Crippen LogP contribution in [0.3, 0.4) is 0 Å². The molecule has 0 aromatic heterocycles. The molecule has 0 bridgehead atoms. The highest BCUT2D eigenvalue weighted by Crippen LogP contribution is 2.22. The summed E-state index contributed by atoms with van der Waals surface area (Å²) >= 11 is 0. The summed E-state index contributed by atoms with van der Waals surface area (Å²) in [6, 6.07) is 10.9. The van der Waals surface area contributed by atoms with Crippen LogP contribution in [0.25, 0.3) is 0 Å². The van der Waals surface area contributed by atoms with E-state index in [1.807, 2.05) is 0 Å². The van der Waals surface area contributed by atoms with Crippen LogP contribution in [0.5, 0.6) is 0 Å². The summed E-state index contributed by atoms with van der Waals surface area (Å²) in [5.74, 6) is 0. The van der Waals surface area contributed by atoms with Gasteiger partial charge in [-0.2, -0.15) is 5.26 Å². The van der Waals surface area contributed by atoms with Crippen LogP contribution in [0, 0.1) is 21.4 Å². The Morgan fingerprint density at radius 1 is 1.04 bits per heavy atom. The minimum absolute atomic E-state index is 0.0692. The van der Waals surface area contributed by atoms with Crippen LogP contribution in [0.15, 0.2) is 69.8 Å². The quantitative estimate of drug-likeness (QED) is 0.449. The van der Waals surface area contributed by atoms with Gasteiger partial charge in [0.2, 0.25) is 9.84 Å². The van der Waals surface area contributed by atoms with Crippen molar-refractivity contribution in [1.82, 2.24) is 0 Å². The maximum absolute atomic E-state index is 12.3. The molecule has 0 aliphatic heterocycles. The van der Waals surface area contributed by atoms with Gasteiger partial charge in [0.15, 0.2) is 0 Å². The number of nitriles is 1. The van der Waals surface area contributed by atoms with Crippen molar-refractivity contribution >= 4 is 31.2 Å². The first-order valence-corrected chi connectivity index (χ1v) is 9.87. The lowest BCUT2D eigenvalue weighted by Crippen LogP contribution is -2.13. The highest BCUT2D eigenvalue weighted by atomic mass is 32.2. The van der Waals surface area contributed by atoms with Crippen molar-refractivity contribution in [3.05, 3.63) is 70.1 Å². The molecule has 2 rings (SSSR count). The number of sulfonamides is 1. The molecule has 26 heavy (non-hydrogen) atoms. The first kappa shape index (κ1) is 19.1. The summed E-state index contributed by atoms with van der Waals surface area (Å²) in [5.41, 5.74) is -0.307. The molecule has 0 aliphatic carbocycles. The Hall–Kier alpha value is -3.23. The fourth-order valence-corrected chi connectivity index (χ4v) is 3.90. The molecule has 0 aliphatic rings. The number of anilines is 1. The van der Waals surface area contributed by atoms with E-state index < -0.39 is 24.8 Å². The molecule has 11 heteroatoms. The van der Waals surface area contributed by atoms with E-state index in [4.69, 9.17) is 5.26 Å². The number of nitrogens with zero attached hydrogens (tertiary/aromatic N) is 2. The normalized spacial score (nSPS) is 11.8.